The molecule has 0 aromatic carbocycles. The summed E-state index contributed by atoms with van der Waals surface area (Å²) in [5, 5.41) is 11.5. The van der Waals surface area contributed by atoms with Gasteiger partial charge >= 0.3 is 0 Å². The minimum Gasteiger partial charge on any atom is -0.370 e. The van der Waals surface area contributed by atoms with E-state index in [1.54, 1.807) is 0 Å². The zero-order valence-corrected chi connectivity index (χ0v) is 14.2. The zero-order chi connectivity index (χ0) is 16.8. The Morgan fingerprint density at radius 2 is 2.26 bits per heavy atom. The lowest BCUT2D eigenvalue weighted by molar-refractivity contribution is -0.119. The lowest BCUT2D eigenvalue weighted by Gasteiger charge is -2.34. The molecule has 1 aromatic heterocycles. The number of hydrogen-bond donors (Lipinski definition) is 2. The normalized spacial score (nSPS) is 19.0. The first-order valence-electron chi connectivity index (χ1n) is 8.17. The number of hydrogen-bond acceptors (Lipinski definition) is 4. The van der Waals surface area contributed by atoms with E-state index in [2.05, 4.69) is 25.4 Å². The number of nitrogens with one attached hydrogen (secondary N) is 1. The molecule has 0 saturated carbocycles. The third-order valence-electron chi connectivity index (χ3n) is 4.20. The van der Waals surface area contributed by atoms with Crippen molar-refractivity contribution in [3.05, 3.63) is 11.6 Å². The van der Waals surface area contributed by atoms with Crippen LogP contribution >= 0.6 is 0 Å². The quantitative estimate of drug-likeness (QED) is 0.595. The second kappa shape index (κ2) is 7.94. The number of primary amides is 1. The van der Waals surface area contributed by atoms with Crippen LogP contribution in [0.3, 0.4) is 0 Å². The molecule has 1 saturated heterocycles. The number of nitrogens with zero attached hydrogens (tertiary/aromatic N) is 5. The summed E-state index contributed by atoms with van der Waals surface area (Å²) in [4.78, 5) is 18.1. The first kappa shape index (κ1) is 17.2. The average molecular weight is 321 g/mol. The highest BCUT2D eigenvalue weighted by molar-refractivity contribution is 5.80. The Bertz CT molecular complexity index is 566. The van der Waals surface area contributed by atoms with Crippen LogP contribution in [0.2, 0.25) is 0 Å². The van der Waals surface area contributed by atoms with Gasteiger partial charge in [0.2, 0.25) is 5.91 Å². The molecule has 0 aliphatic carbocycles. The van der Waals surface area contributed by atoms with Gasteiger partial charge in [-0.25, -0.2) is 4.99 Å². The summed E-state index contributed by atoms with van der Waals surface area (Å²) in [6, 6.07) is 0. The summed E-state index contributed by atoms with van der Waals surface area (Å²) in [5.74, 6) is 2.65. The fourth-order valence-electron chi connectivity index (χ4n) is 2.87. The van der Waals surface area contributed by atoms with Crippen molar-refractivity contribution < 1.29 is 4.79 Å². The second-order valence-electron chi connectivity index (χ2n) is 6.02. The van der Waals surface area contributed by atoms with Gasteiger partial charge in [-0.3, -0.25) is 4.79 Å². The summed E-state index contributed by atoms with van der Waals surface area (Å²) >= 11 is 0. The molecule has 0 radical (unpaired) electrons. The van der Waals surface area contributed by atoms with E-state index in [9.17, 15) is 4.79 Å². The number of guanidine groups is 1. The Hall–Kier alpha value is -2.12. The van der Waals surface area contributed by atoms with Gasteiger partial charge in [0, 0.05) is 33.1 Å². The van der Waals surface area contributed by atoms with Gasteiger partial charge < -0.3 is 20.5 Å². The van der Waals surface area contributed by atoms with Gasteiger partial charge in [0.05, 0.1) is 0 Å². The Kier molecular flexibility index (Phi) is 5.95. The van der Waals surface area contributed by atoms with Crippen LogP contribution in [0.5, 0.6) is 0 Å². The number of aromatic nitrogens is 3. The monoisotopic (exact) mass is 321 g/mol. The molecule has 8 nitrogen and oxygen atoms in total. The Morgan fingerprint density at radius 1 is 1.48 bits per heavy atom. The number of nitrogens with two attached hydrogens (primary N) is 1. The minimum absolute atomic E-state index is 0.228. The molecule has 128 valence electrons. The summed E-state index contributed by atoms with van der Waals surface area (Å²) in [6.45, 7) is 7.01. The summed E-state index contributed by atoms with van der Waals surface area (Å²) < 4.78 is 1.94. The van der Waals surface area contributed by atoms with E-state index in [1.807, 2.05) is 25.5 Å². The highest BCUT2D eigenvalue weighted by Gasteiger charge is 2.23. The first-order valence-corrected chi connectivity index (χ1v) is 8.17. The highest BCUT2D eigenvalue weighted by Crippen LogP contribution is 2.19. The molecule has 0 bridgehead atoms. The summed E-state index contributed by atoms with van der Waals surface area (Å²) in [6.07, 6.45) is 2.53. The van der Waals surface area contributed by atoms with Gasteiger partial charge in [-0.15, -0.1) is 10.2 Å². The molecule has 1 unspecified atom stereocenters. The maximum Gasteiger partial charge on any atom is 0.217 e. The molecule has 1 aliphatic rings. The maximum absolute atomic E-state index is 11.2. The summed E-state index contributed by atoms with van der Waals surface area (Å²) in [5.41, 5.74) is 5.34. The maximum atomic E-state index is 11.2. The first-order chi connectivity index (χ1) is 11.0. The third-order valence-corrected chi connectivity index (χ3v) is 4.20. The van der Waals surface area contributed by atoms with Crippen LogP contribution in [-0.4, -0.2) is 51.2 Å². The van der Waals surface area contributed by atoms with Crippen molar-refractivity contribution in [3.63, 3.8) is 0 Å². The van der Waals surface area contributed by atoms with Crippen LogP contribution < -0.4 is 11.1 Å². The van der Waals surface area contributed by atoms with Crippen molar-refractivity contribution >= 4 is 11.9 Å². The number of rotatable bonds is 5. The van der Waals surface area contributed by atoms with Gasteiger partial charge in [0.1, 0.15) is 12.4 Å². The zero-order valence-electron chi connectivity index (χ0n) is 14.2. The third kappa shape index (κ3) is 4.67. The number of aryl methyl sites for hydroxylation is 1. The lowest BCUT2D eigenvalue weighted by atomic mass is 9.95. The Morgan fingerprint density at radius 3 is 2.87 bits per heavy atom. The van der Waals surface area contributed by atoms with Crippen LogP contribution in [0.1, 0.15) is 37.8 Å². The van der Waals surface area contributed by atoms with Crippen molar-refractivity contribution in [2.45, 2.75) is 39.7 Å². The number of amides is 1. The van der Waals surface area contributed by atoms with Crippen molar-refractivity contribution in [1.82, 2.24) is 25.0 Å². The molecule has 1 atom stereocenters. The smallest absolute Gasteiger partial charge is 0.217 e. The van der Waals surface area contributed by atoms with Crippen molar-refractivity contribution in [1.29, 1.82) is 0 Å². The molecule has 8 heteroatoms. The molecule has 23 heavy (non-hydrogen) atoms. The van der Waals surface area contributed by atoms with Crippen LogP contribution in [0.4, 0.5) is 0 Å². The molecular weight excluding hydrogens is 294 g/mol. The standard InChI is InChI=1S/C15H27N7O/c1-4-17-15(18-9-14-20-19-11(2)21(14)3)22-7-5-6-12(10-22)8-13(16)23/h12H,4-10H2,1-3H3,(H2,16,23)(H,17,18). The Labute approximate surface area is 137 Å². The number of piperidine rings is 1. The topological polar surface area (TPSA) is 101 Å². The van der Waals surface area contributed by atoms with Crippen LogP contribution in [0.25, 0.3) is 0 Å². The molecule has 3 N–H and O–H groups in total. The number of carbonyl (C=O) groups is 1. The molecule has 1 fully saturated rings. The summed E-state index contributed by atoms with van der Waals surface area (Å²) in [7, 11) is 1.94. The van der Waals surface area contributed by atoms with Gasteiger partial charge in [-0.05, 0) is 32.6 Å². The second-order valence-corrected chi connectivity index (χ2v) is 6.02. The number of likely N-dealkylation sites (tertiary alicyclic amines) is 1. The van der Waals surface area contributed by atoms with Gasteiger partial charge in [-0.2, -0.15) is 0 Å². The van der Waals surface area contributed by atoms with Crippen molar-refractivity contribution in [2.75, 3.05) is 19.6 Å². The van der Waals surface area contributed by atoms with Crippen LogP contribution in [0.15, 0.2) is 4.99 Å². The predicted octanol–water partition coefficient (Wildman–Crippen LogP) is 0.176. The van der Waals surface area contributed by atoms with Crippen molar-refractivity contribution in [3.8, 4) is 0 Å². The van der Waals surface area contributed by atoms with E-state index in [4.69, 9.17) is 5.73 Å². The van der Waals surface area contributed by atoms with Gasteiger partial charge in [-0.1, -0.05) is 0 Å². The fourth-order valence-corrected chi connectivity index (χ4v) is 2.87. The molecular formula is C15H27N7O. The molecule has 2 heterocycles. The molecule has 2 rings (SSSR count). The molecule has 0 spiro atoms. The molecule has 1 aliphatic heterocycles. The SMILES string of the molecule is CCNC(=NCc1nnc(C)n1C)N1CCCC(CC(N)=O)C1. The van der Waals surface area contributed by atoms with Crippen LogP contribution in [0, 0.1) is 12.8 Å². The van der Waals surface area contributed by atoms with Crippen molar-refractivity contribution in [2.24, 2.45) is 23.7 Å². The number of carbonyl (C=O) groups excluding carboxylic acids is 1. The lowest BCUT2D eigenvalue weighted by Crippen LogP contribution is -2.47. The fraction of sp³-hybridized carbons (Fsp3) is 0.733. The predicted molar refractivity (Wildman–Crippen MR) is 88.7 cm³/mol. The van der Waals surface area contributed by atoms with E-state index < -0.39 is 0 Å². The molecule has 1 aromatic rings. The Balaban J connectivity index is 2.05. The molecule has 1 amide bonds. The average Bonchev–Trinajstić information content (AvgIpc) is 2.83. The minimum atomic E-state index is -0.228. The van der Waals surface area contributed by atoms with Gasteiger partial charge in [0.25, 0.3) is 0 Å². The van der Waals surface area contributed by atoms with Crippen LogP contribution in [-0.2, 0) is 18.4 Å². The highest BCUT2D eigenvalue weighted by atomic mass is 16.1. The van der Waals surface area contributed by atoms with E-state index >= 15 is 0 Å². The van der Waals surface area contributed by atoms with Gasteiger partial charge in [0.15, 0.2) is 11.8 Å². The van der Waals surface area contributed by atoms with E-state index in [0.717, 1.165) is 50.1 Å². The van der Waals surface area contributed by atoms with E-state index in [0.29, 0.717) is 18.9 Å². The number of aliphatic imine (C=N–C) groups is 1. The van der Waals surface area contributed by atoms with E-state index in [1.165, 1.54) is 0 Å². The van der Waals surface area contributed by atoms with E-state index in [-0.39, 0.29) is 5.91 Å². The largest absolute Gasteiger partial charge is 0.370 e.